The Balaban J connectivity index is 2.17. The number of ether oxygens (including phenoxy) is 1. The monoisotopic (exact) mass is 278 g/mol. The maximum absolute atomic E-state index is 11.5. The number of para-hydroxylation sites is 1. The number of rotatable bonds is 3. The molecule has 3 aromatic rings. The zero-order valence-electron chi connectivity index (χ0n) is 11.6. The molecule has 0 aliphatic carbocycles. The number of benzene rings is 1. The predicted octanol–water partition coefficient (Wildman–Crippen LogP) is 3.28. The summed E-state index contributed by atoms with van der Waals surface area (Å²) >= 11 is 0. The standard InChI is InChI=1S/C17H14N2O2/c1-12(20)21-17(16-8-4-5-10-18-16)14-9-11-19-15-7-3-2-6-13(14)15/h2-11,17H,1H3. The van der Waals surface area contributed by atoms with Crippen LogP contribution in [0.2, 0.25) is 0 Å². The number of aromatic nitrogens is 2. The molecular formula is C17H14N2O2. The van der Waals surface area contributed by atoms with Crippen LogP contribution in [0.3, 0.4) is 0 Å². The third-order valence-electron chi connectivity index (χ3n) is 3.21. The third-order valence-corrected chi connectivity index (χ3v) is 3.21. The van der Waals surface area contributed by atoms with Crippen LogP contribution < -0.4 is 0 Å². The second-order valence-electron chi connectivity index (χ2n) is 4.66. The van der Waals surface area contributed by atoms with Crippen LogP contribution in [-0.2, 0) is 9.53 Å². The van der Waals surface area contributed by atoms with Crippen LogP contribution in [0.4, 0.5) is 0 Å². The van der Waals surface area contributed by atoms with Gasteiger partial charge >= 0.3 is 5.97 Å². The van der Waals surface area contributed by atoms with Crippen molar-refractivity contribution in [3.63, 3.8) is 0 Å². The van der Waals surface area contributed by atoms with Crippen LogP contribution in [0.15, 0.2) is 60.9 Å². The van der Waals surface area contributed by atoms with Gasteiger partial charge in [0.2, 0.25) is 0 Å². The highest BCUT2D eigenvalue weighted by Gasteiger charge is 2.20. The van der Waals surface area contributed by atoms with Gasteiger partial charge in [-0.05, 0) is 24.3 Å². The van der Waals surface area contributed by atoms with E-state index in [-0.39, 0.29) is 5.97 Å². The molecule has 4 nitrogen and oxygen atoms in total. The summed E-state index contributed by atoms with van der Waals surface area (Å²) in [5.74, 6) is -0.341. The molecule has 0 saturated carbocycles. The fraction of sp³-hybridized carbons (Fsp3) is 0.118. The molecule has 2 aromatic heterocycles. The molecule has 21 heavy (non-hydrogen) atoms. The number of pyridine rings is 2. The molecule has 0 fully saturated rings. The lowest BCUT2D eigenvalue weighted by molar-refractivity contribution is -0.144. The zero-order chi connectivity index (χ0) is 14.7. The number of nitrogens with zero attached hydrogens (tertiary/aromatic N) is 2. The minimum absolute atomic E-state index is 0.341. The van der Waals surface area contributed by atoms with E-state index in [4.69, 9.17) is 4.74 Å². The van der Waals surface area contributed by atoms with Crippen molar-refractivity contribution in [2.24, 2.45) is 0 Å². The van der Waals surface area contributed by atoms with Crippen LogP contribution in [0.5, 0.6) is 0 Å². The lowest BCUT2D eigenvalue weighted by atomic mass is 10.0. The SMILES string of the molecule is CC(=O)OC(c1ccccn1)c1ccnc2ccccc12. The van der Waals surface area contributed by atoms with Crippen molar-refractivity contribution < 1.29 is 9.53 Å². The van der Waals surface area contributed by atoms with E-state index in [0.717, 1.165) is 16.5 Å². The normalized spacial score (nSPS) is 12.0. The molecule has 3 rings (SSSR count). The number of carbonyl (C=O) groups excluding carboxylic acids is 1. The average molecular weight is 278 g/mol. The Labute approximate surface area is 122 Å². The predicted molar refractivity (Wildman–Crippen MR) is 79.6 cm³/mol. The molecule has 0 aliphatic heterocycles. The highest BCUT2D eigenvalue weighted by molar-refractivity contribution is 5.83. The minimum atomic E-state index is -0.531. The minimum Gasteiger partial charge on any atom is -0.451 e. The molecular weight excluding hydrogens is 264 g/mol. The maximum atomic E-state index is 11.5. The zero-order valence-corrected chi connectivity index (χ0v) is 11.6. The van der Waals surface area contributed by atoms with E-state index in [1.54, 1.807) is 12.4 Å². The van der Waals surface area contributed by atoms with E-state index >= 15 is 0 Å². The van der Waals surface area contributed by atoms with Gasteiger partial charge in [0.1, 0.15) is 0 Å². The highest BCUT2D eigenvalue weighted by atomic mass is 16.5. The molecule has 0 bridgehead atoms. The van der Waals surface area contributed by atoms with E-state index in [1.165, 1.54) is 6.92 Å². The van der Waals surface area contributed by atoms with Crippen LogP contribution >= 0.6 is 0 Å². The number of esters is 1. The van der Waals surface area contributed by atoms with Crippen molar-refractivity contribution >= 4 is 16.9 Å². The summed E-state index contributed by atoms with van der Waals surface area (Å²) in [6.07, 6.45) is 2.88. The summed E-state index contributed by atoms with van der Waals surface area (Å²) < 4.78 is 5.50. The number of fused-ring (bicyclic) bond motifs is 1. The van der Waals surface area contributed by atoms with E-state index in [1.807, 2.05) is 48.5 Å². The van der Waals surface area contributed by atoms with Crippen molar-refractivity contribution in [2.45, 2.75) is 13.0 Å². The first kappa shape index (κ1) is 13.2. The van der Waals surface area contributed by atoms with Gasteiger partial charge in [0.05, 0.1) is 11.2 Å². The third kappa shape index (κ3) is 2.74. The smallest absolute Gasteiger partial charge is 0.303 e. The number of carbonyl (C=O) groups is 1. The summed E-state index contributed by atoms with van der Waals surface area (Å²) in [4.78, 5) is 20.1. The Morgan fingerprint density at radius 3 is 2.57 bits per heavy atom. The molecule has 0 spiro atoms. The first-order chi connectivity index (χ1) is 10.3. The van der Waals surface area contributed by atoms with E-state index in [9.17, 15) is 4.79 Å². The average Bonchev–Trinajstić information content (AvgIpc) is 2.53. The molecule has 0 radical (unpaired) electrons. The largest absolute Gasteiger partial charge is 0.451 e. The summed E-state index contributed by atoms with van der Waals surface area (Å²) in [6.45, 7) is 1.40. The van der Waals surface area contributed by atoms with Gasteiger partial charge in [-0.25, -0.2) is 0 Å². The van der Waals surface area contributed by atoms with E-state index in [2.05, 4.69) is 9.97 Å². The van der Waals surface area contributed by atoms with Crippen LogP contribution in [0.1, 0.15) is 24.3 Å². The quantitative estimate of drug-likeness (QED) is 0.690. The second-order valence-corrected chi connectivity index (χ2v) is 4.66. The molecule has 1 unspecified atom stereocenters. The molecule has 0 aliphatic rings. The first-order valence-corrected chi connectivity index (χ1v) is 6.67. The fourth-order valence-electron chi connectivity index (χ4n) is 2.33. The van der Waals surface area contributed by atoms with Gasteiger partial charge in [0, 0.05) is 30.3 Å². The Hall–Kier alpha value is -2.75. The summed E-state index contributed by atoms with van der Waals surface area (Å²) in [5.41, 5.74) is 2.45. The van der Waals surface area contributed by atoms with Gasteiger partial charge in [0.25, 0.3) is 0 Å². The van der Waals surface area contributed by atoms with Gasteiger partial charge in [-0.3, -0.25) is 14.8 Å². The van der Waals surface area contributed by atoms with Gasteiger partial charge in [-0.2, -0.15) is 0 Å². The highest BCUT2D eigenvalue weighted by Crippen LogP contribution is 2.29. The Kier molecular flexibility index (Phi) is 3.60. The summed E-state index contributed by atoms with van der Waals surface area (Å²) in [7, 11) is 0. The number of hydrogen-bond donors (Lipinski definition) is 0. The Morgan fingerprint density at radius 2 is 1.81 bits per heavy atom. The molecule has 104 valence electrons. The van der Waals surface area contributed by atoms with E-state index < -0.39 is 6.10 Å². The van der Waals surface area contributed by atoms with Gasteiger partial charge in [-0.1, -0.05) is 24.3 Å². The summed E-state index contributed by atoms with van der Waals surface area (Å²) in [6, 6.07) is 15.2. The molecule has 0 saturated heterocycles. The molecule has 1 aromatic carbocycles. The maximum Gasteiger partial charge on any atom is 0.303 e. The van der Waals surface area contributed by atoms with Crippen molar-refractivity contribution in [3.8, 4) is 0 Å². The second kappa shape index (κ2) is 5.71. The van der Waals surface area contributed by atoms with Gasteiger partial charge in [-0.15, -0.1) is 0 Å². The van der Waals surface area contributed by atoms with Crippen molar-refractivity contribution in [3.05, 3.63) is 72.2 Å². The van der Waals surface area contributed by atoms with Crippen molar-refractivity contribution in [2.75, 3.05) is 0 Å². The number of hydrogen-bond acceptors (Lipinski definition) is 4. The lowest BCUT2D eigenvalue weighted by Gasteiger charge is -2.18. The van der Waals surface area contributed by atoms with E-state index in [0.29, 0.717) is 5.69 Å². The molecule has 4 heteroatoms. The fourth-order valence-corrected chi connectivity index (χ4v) is 2.33. The summed E-state index contributed by atoms with van der Waals surface area (Å²) in [5, 5.41) is 0.955. The Morgan fingerprint density at radius 1 is 1.00 bits per heavy atom. The van der Waals surface area contributed by atoms with Crippen molar-refractivity contribution in [1.82, 2.24) is 9.97 Å². The lowest BCUT2D eigenvalue weighted by Crippen LogP contribution is -2.12. The first-order valence-electron chi connectivity index (χ1n) is 6.67. The molecule has 2 heterocycles. The molecule has 0 N–H and O–H groups in total. The topological polar surface area (TPSA) is 52.1 Å². The van der Waals surface area contributed by atoms with Crippen molar-refractivity contribution in [1.29, 1.82) is 0 Å². The van der Waals surface area contributed by atoms with Crippen LogP contribution in [-0.4, -0.2) is 15.9 Å². The van der Waals surface area contributed by atoms with Crippen LogP contribution in [0.25, 0.3) is 10.9 Å². The molecule has 0 amide bonds. The van der Waals surface area contributed by atoms with Gasteiger partial charge in [0.15, 0.2) is 6.10 Å². The molecule has 1 atom stereocenters. The Bertz CT molecular complexity index is 767. The van der Waals surface area contributed by atoms with Gasteiger partial charge < -0.3 is 4.74 Å². The van der Waals surface area contributed by atoms with Crippen LogP contribution in [0, 0.1) is 0 Å².